The van der Waals surface area contributed by atoms with E-state index < -0.39 is 0 Å². The van der Waals surface area contributed by atoms with Crippen LogP contribution in [0.15, 0.2) is 29.8 Å². The SMILES string of the molecule is COC(=O)c1ccc(C=C(CCl)C(C)C)cc1. The van der Waals surface area contributed by atoms with Crippen LogP contribution in [0.4, 0.5) is 0 Å². The molecule has 0 atom stereocenters. The lowest BCUT2D eigenvalue weighted by atomic mass is 10.0. The largest absolute Gasteiger partial charge is 0.465 e. The maximum atomic E-state index is 11.3. The summed E-state index contributed by atoms with van der Waals surface area (Å²) < 4.78 is 4.64. The molecular formula is C14H17ClO2. The molecule has 0 unspecified atom stereocenters. The van der Waals surface area contributed by atoms with E-state index in [1.807, 2.05) is 12.1 Å². The van der Waals surface area contributed by atoms with Crippen molar-refractivity contribution in [1.82, 2.24) is 0 Å². The molecule has 0 amide bonds. The fourth-order valence-corrected chi connectivity index (χ4v) is 1.79. The molecule has 1 aromatic carbocycles. The Bertz CT molecular complexity index is 405. The number of carbonyl (C=O) groups excluding carboxylic acids is 1. The summed E-state index contributed by atoms with van der Waals surface area (Å²) in [6.07, 6.45) is 2.05. The third kappa shape index (κ3) is 3.90. The normalized spacial score (nSPS) is 11.7. The van der Waals surface area contributed by atoms with Gasteiger partial charge in [0.15, 0.2) is 0 Å². The molecule has 92 valence electrons. The van der Waals surface area contributed by atoms with Gasteiger partial charge in [0, 0.05) is 5.88 Å². The Labute approximate surface area is 107 Å². The van der Waals surface area contributed by atoms with Crippen molar-refractivity contribution in [2.45, 2.75) is 13.8 Å². The third-order valence-electron chi connectivity index (χ3n) is 2.58. The Morgan fingerprint density at radius 3 is 2.35 bits per heavy atom. The standard InChI is InChI=1S/C14H17ClO2/c1-10(2)13(9-15)8-11-4-6-12(7-5-11)14(16)17-3/h4-8,10H,9H2,1-3H3. The minimum absolute atomic E-state index is 0.318. The van der Waals surface area contributed by atoms with Crippen molar-refractivity contribution in [3.8, 4) is 0 Å². The minimum Gasteiger partial charge on any atom is -0.465 e. The Balaban J connectivity index is 2.91. The number of benzene rings is 1. The Morgan fingerprint density at radius 2 is 1.94 bits per heavy atom. The van der Waals surface area contributed by atoms with E-state index in [0.717, 1.165) is 5.56 Å². The van der Waals surface area contributed by atoms with E-state index in [9.17, 15) is 4.79 Å². The van der Waals surface area contributed by atoms with Gasteiger partial charge in [-0.3, -0.25) is 0 Å². The number of halogens is 1. The van der Waals surface area contributed by atoms with E-state index in [4.69, 9.17) is 11.6 Å². The first kappa shape index (κ1) is 13.8. The van der Waals surface area contributed by atoms with Crippen LogP contribution in [0.2, 0.25) is 0 Å². The highest BCUT2D eigenvalue weighted by Crippen LogP contribution is 2.16. The average Bonchev–Trinajstić information content (AvgIpc) is 2.35. The van der Waals surface area contributed by atoms with Gasteiger partial charge in [-0.15, -0.1) is 11.6 Å². The molecule has 0 aromatic heterocycles. The molecule has 0 radical (unpaired) electrons. The molecule has 2 nitrogen and oxygen atoms in total. The third-order valence-corrected chi connectivity index (χ3v) is 2.89. The van der Waals surface area contributed by atoms with Gasteiger partial charge in [-0.1, -0.05) is 37.6 Å². The summed E-state index contributed by atoms with van der Waals surface area (Å²) in [5, 5.41) is 0. The quantitative estimate of drug-likeness (QED) is 0.603. The highest BCUT2D eigenvalue weighted by atomic mass is 35.5. The maximum absolute atomic E-state index is 11.3. The van der Waals surface area contributed by atoms with E-state index in [-0.39, 0.29) is 5.97 Å². The molecule has 0 N–H and O–H groups in total. The van der Waals surface area contributed by atoms with Gasteiger partial charge in [-0.25, -0.2) is 4.79 Å². The van der Waals surface area contributed by atoms with Crippen LogP contribution in [-0.2, 0) is 4.74 Å². The first-order valence-electron chi connectivity index (χ1n) is 5.53. The van der Waals surface area contributed by atoms with E-state index >= 15 is 0 Å². The summed E-state index contributed by atoms with van der Waals surface area (Å²) in [6, 6.07) is 7.29. The highest BCUT2D eigenvalue weighted by molar-refractivity contribution is 6.19. The van der Waals surface area contributed by atoms with Crippen LogP contribution in [0.3, 0.4) is 0 Å². The Kier molecular flexibility index (Phi) is 5.23. The molecule has 1 rings (SSSR count). The zero-order valence-electron chi connectivity index (χ0n) is 10.4. The van der Waals surface area contributed by atoms with Gasteiger partial charge in [0.2, 0.25) is 0 Å². The number of carbonyl (C=O) groups is 1. The van der Waals surface area contributed by atoms with E-state index in [2.05, 4.69) is 24.7 Å². The number of hydrogen-bond acceptors (Lipinski definition) is 2. The summed E-state index contributed by atoms with van der Waals surface area (Å²) in [7, 11) is 1.38. The molecular weight excluding hydrogens is 236 g/mol. The van der Waals surface area contributed by atoms with E-state index in [0.29, 0.717) is 17.4 Å². The summed E-state index contributed by atoms with van der Waals surface area (Å²) in [5.74, 6) is 0.630. The number of methoxy groups -OCH3 is 1. The number of esters is 1. The Hall–Kier alpha value is -1.28. The minimum atomic E-state index is -0.318. The number of alkyl halides is 1. The zero-order chi connectivity index (χ0) is 12.8. The van der Waals surface area contributed by atoms with Crippen LogP contribution in [0.1, 0.15) is 29.8 Å². The molecule has 0 heterocycles. The number of allylic oxidation sites excluding steroid dienone is 1. The predicted octanol–water partition coefficient (Wildman–Crippen LogP) is 3.75. The maximum Gasteiger partial charge on any atom is 0.337 e. The van der Waals surface area contributed by atoms with Crippen LogP contribution in [0.25, 0.3) is 6.08 Å². The van der Waals surface area contributed by atoms with Crippen molar-refractivity contribution in [2.24, 2.45) is 5.92 Å². The molecule has 0 saturated carbocycles. The fourth-order valence-electron chi connectivity index (χ4n) is 1.41. The zero-order valence-corrected chi connectivity index (χ0v) is 11.1. The van der Waals surface area contributed by atoms with Gasteiger partial charge >= 0.3 is 5.97 Å². The monoisotopic (exact) mass is 252 g/mol. The van der Waals surface area contributed by atoms with Crippen molar-refractivity contribution in [1.29, 1.82) is 0 Å². The smallest absolute Gasteiger partial charge is 0.337 e. The molecule has 0 aliphatic rings. The summed E-state index contributed by atoms with van der Waals surface area (Å²) >= 11 is 5.87. The fraction of sp³-hybridized carbons (Fsp3) is 0.357. The molecule has 1 aromatic rings. The molecule has 0 aliphatic heterocycles. The average molecular weight is 253 g/mol. The van der Waals surface area contributed by atoms with Gasteiger partial charge in [0.1, 0.15) is 0 Å². The predicted molar refractivity (Wildman–Crippen MR) is 71.3 cm³/mol. The second-order valence-electron chi connectivity index (χ2n) is 4.12. The number of ether oxygens (including phenoxy) is 1. The molecule has 0 aliphatic carbocycles. The van der Waals surface area contributed by atoms with Crippen LogP contribution in [-0.4, -0.2) is 19.0 Å². The van der Waals surface area contributed by atoms with Gasteiger partial charge in [0.05, 0.1) is 12.7 Å². The molecule has 3 heteroatoms. The molecule has 0 spiro atoms. The molecule has 0 saturated heterocycles. The summed E-state index contributed by atoms with van der Waals surface area (Å²) in [6.45, 7) is 4.22. The summed E-state index contributed by atoms with van der Waals surface area (Å²) in [5.41, 5.74) is 2.78. The Morgan fingerprint density at radius 1 is 1.35 bits per heavy atom. The van der Waals surface area contributed by atoms with Gasteiger partial charge in [-0.05, 0) is 23.6 Å². The second-order valence-corrected chi connectivity index (χ2v) is 4.39. The van der Waals surface area contributed by atoms with Crippen LogP contribution >= 0.6 is 11.6 Å². The first-order chi connectivity index (χ1) is 8.08. The van der Waals surface area contributed by atoms with Crippen molar-refractivity contribution in [3.63, 3.8) is 0 Å². The lowest BCUT2D eigenvalue weighted by Crippen LogP contribution is -2.00. The van der Waals surface area contributed by atoms with Crippen molar-refractivity contribution >= 4 is 23.6 Å². The highest BCUT2D eigenvalue weighted by Gasteiger charge is 2.05. The van der Waals surface area contributed by atoms with Crippen molar-refractivity contribution in [2.75, 3.05) is 13.0 Å². The molecule has 17 heavy (non-hydrogen) atoms. The van der Waals surface area contributed by atoms with Gasteiger partial charge in [0.25, 0.3) is 0 Å². The first-order valence-corrected chi connectivity index (χ1v) is 6.06. The molecule has 0 fully saturated rings. The van der Waals surface area contributed by atoms with Crippen molar-refractivity contribution < 1.29 is 9.53 Å². The van der Waals surface area contributed by atoms with Crippen LogP contribution in [0.5, 0.6) is 0 Å². The van der Waals surface area contributed by atoms with Gasteiger partial charge in [-0.2, -0.15) is 0 Å². The van der Waals surface area contributed by atoms with Gasteiger partial charge < -0.3 is 4.74 Å². The van der Waals surface area contributed by atoms with Crippen LogP contribution < -0.4 is 0 Å². The van der Waals surface area contributed by atoms with Crippen molar-refractivity contribution in [3.05, 3.63) is 41.0 Å². The van der Waals surface area contributed by atoms with E-state index in [1.54, 1.807) is 12.1 Å². The van der Waals surface area contributed by atoms with Crippen LogP contribution in [0, 0.1) is 5.92 Å². The topological polar surface area (TPSA) is 26.3 Å². The second kappa shape index (κ2) is 6.45. The lowest BCUT2D eigenvalue weighted by molar-refractivity contribution is 0.0601. The number of rotatable bonds is 4. The lowest BCUT2D eigenvalue weighted by Gasteiger charge is -2.07. The summed E-state index contributed by atoms with van der Waals surface area (Å²) in [4.78, 5) is 11.3. The molecule has 0 bridgehead atoms. The van der Waals surface area contributed by atoms with E-state index in [1.165, 1.54) is 12.7 Å². The number of hydrogen-bond donors (Lipinski definition) is 0.